The van der Waals surface area contributed by atoms with E-state index >= 15 is 0 Å². The first kappa shape index (κ1) is 20.0. The van der Waals surface area contributed by atoms with Crippen LogP contribution in [0.3, 0.4) is 0 Å². The summed E-state index contributed by atoms with van der Waals surface area (Å²) in [5, 5.41) is 13.1. The van der Waals surface area contributed by atoms with Gasteiger partial charge in [-0.3, -0.25) is 0 Å². The Morgan fingerprint density at radius 1 is 0.879 bits per heavy atom. The summed E-state index contributed by atoms with van der Waals surface area (Å²) >= 11 is 0. The Morgan fingerprint density at radius 3 is 2.67 bits per heavy atom. The fourth-order valence-corrected chi connectivity index (χ4v) is 4.05. The summed E-state index contributed by atoms with van der Waals surface area (Å²) in [6, 6.07) is 30.0. The fourth-order valence-electron chi connectivity index (χ4n) is 4.05. The van der Waals surface area contributed by atoms with E-state index in [9.17, 15) is 5.11 Å². The van der Waals surface area contributed by atoms with E-state index in [4.69, 9.17) is 6.11 Å². The largest absolute Gasteiger partial charge is 0.506 e. The van der Waals surface area contributed by atoms with Gasteiger partial charge in [0.2, 0.25) is 5.88 Å². The van der Waals surface area contributed by atoms with E-state index in [-0.39, 0.29) is 33.7 Å². The SMILES string of the molecule is [2H]Cc1cccc(-n2c3[c-]c(Oc4ccc5cccc(O)c5n4)ccc3c3ccccc32)n1.[Pt]. The Kier molecular flexibility index (Phi) is 5.04. The van der Waals surface area contributed by atoms with Crippen molar-refractivity contribution in [2.75, 3.05) is 0 Å². The number of hydrogen-bond donors (Lipinski definition) is 1. The summed E-state index contributed by atoms with van der Waals surface area (Å²) in [6.45, 7) is 0.115. The van der Waals surface area contributed by atoms with Crippen molar-refractivity contribution in [3.05, 3.63) is 96.7 Å². The minimum absolute atomic E-state index is 0. The molecule has 0 amide bonds. The third-order valence-corrected chi connectivity index (χ3v) is 5.47. The van der Waals surface area contributed by atoms with Gasteiger partial charge in [0, 0.05) is 50.8 Å². The number of phenols is 1. The van der Waals surface area contributed by atoms with Gasteiger partial charge in [-0.2, -0.15) is 6.07 Å². The van der Waals surface area contributed by atoms with Crippen LogP contribution in [0.2, 0.25) is 0 Å². The normalized spacial score (nSPS) is 11.5. The van der Waals surface area contributed by atoms with Crippen LogP contribution in [0.5, 0.6) is 17.4 Å². The molecular formula is C27H18N3O2Pt-. The van der Waals surface area contributed by atoms with E-state index in [0.29, 0.717) is 22.8 Å². The summed E-state index contributed by atoms with van der Waals surface area (Å²) < 4.78 is 15.8. The van der Waals surface area contributed by atoms with Gasteiger partial charge in [-0.15, -0.1) is 17.5 Å². The molecule has 0 saturated heterocycles. The Labute approximate surface area is 206 Å². The third kappa shape index (κ3) is 3.65. The van der Waals surface area contributed by atoms with Gasteiger partial charge in [-0.25, -0.2) is 9.97 Å². The Hall–Kier alpha value is -3.69. The van der Waals surface area contributed by atoms with Gasteiger partial charge in [0.25, 0.3) is 0 Å². The average Bonchev–Trinajstić information content (AvgIpc) is 3.18. The van der Waals surface area contributed by atoms with Gasteiger partial charge >= 0.3 is 0 Å². The average molecular weight is 613 g/mol. The van der Waals surface area contributed by atoms with Crippen molar-refractivity contribution in [2.45, 2.75) is 6.90 Å². The number of benzene rings is 3. The van der Waals surface area contributed by atoms with Crippen LogP contribution < -0.4 is 4.74 Å². The summed E-state index contributed by atoms with van der Waals surface area (Å²) in [5.74, 6) is 1.72. The van der Waals surface area contributed by atoms with E-state index in [1.807, 2.05) is 65.2 Å². The summed E-state index contributed by atoms with van der Waals surface area (Å²) in [7, 11) is 0. The number of para-hydroxylation sites is 2. The van der Waals surface area contributed by atoms with E-state index in [1.165, 1.54) is 0 Å². The molecule has 33 heavy (non-hydrogen) atoms. The molecule has 0 spiro atoms. The zero-order chi connectivity index (χ0) is 22.4. The minimum Gasteiger partial charge on any atom is -0.506 e. The standard InChI is InChI=1S/C27H18N3O2.Pt/c1-17-6-4-11-25(28-17)30-22-9-3-2-8-20(22)21-14-13-19(16-23(21)30)32-26-15-12-18-7-5-10-24(31)27(18)29-26;/h2-15,31H,1H3;/q-1;/i1D;. The Balaban J connectivity index is 0.00000241. The van der Waals surface area contributed by atoms with Crippen LogP contribution in [-0.2, 0) is 21.1 Å². The zero-order valence-corrected chi connectivity index (χ0v) is 19.6. The van der Waals surface area contributed by atoms with Gasteiger partial charge < -0.3 is 14.4 Å². The molecule has 6 heteroatoms. The van der Waals surface area contributed by atoms with E-state index in [2.05, 4.69) is 22.1 Å². The van der Waals surface area contributed by atoms with Crippen LogP contribution in [-0.4, -0.2) is 19.6 Å². The maximum Gasteiger partial charge on any atom is 0.217 e. The van der Waals surface area contributed by atoms with Gasteiger partial charge in [-0.05, 0) is 42.6 Å². The summed E-state index contributed by atoms with van der Waals surface area (Å²) in [5.41, 5.74) is 3.02. The molecule has 5 nitrogen and oxygen atoms in total. The predicted molar refractivity (Wildman–Crippen MR) is 126 cm³/mol. The number of nitrogens with zero attached hydrogens (tertiary/aromatic N) is 3. The number of aromatic nitrogens is 3. The topological polar surface area (TPSA) is 60.2 Å². The monoisotopic (exact) mass is 612 g/mol. The van der Waals surface area contributed by atoms with Crippen molar-refractivity contribution < 1.29 is 32.3 Å². The molecule has 3 heterocycles. The molecule has 6 rings (SSSR count). The predicted octanol–water partition coefficient (Wildman–Crippen LogP) is 6.33. The summed E-state index contributed by atoms with van der Waals surface area (Å²) in [4.78, 5) is 9.13. The molecule has 1 N–H and O–H groups in total. The molecule has 0 atom stereocenters. The second kappa shape index (κ2) is 8.34. The van der Waals surface area contributed by atoms with Gasteiger partial charge in [0.1, 0.15) is 17.1 Å². The first-order valence-electron chi connectivity index (χ1n) is 10.9. The first-order chi connectivity index (χ1) is 16.2. The molecule has 164 valence electrons. The van der Waals surface area contributed by atoms with Gasteiger partial charge in [0.15, 0.2) is 0 Å². The Morgan fingerprint density at radius 2 is 1.76 bits per heavy atom. The molecule has 3 aromatic heterocycles. The van der Waals surface area contributed by atoms with Crippen LogP contribution in [0.4, 0.5) is 0 Å². The number of fused-ring (bicyclic) bond motifs is 4. The third-order valence-electron chi connectivity index (χ3n) is 5.47. The molecule has 6 aromatic rings. The van der Waals surface area contributed by atoms with Crippen molar-refractivity contribution in [1.29, 1.82) is 0 Å². The molecule has 0 unspecified atom stereocenters. The van der Waals surface area contributed by atoms with Crippen LogP contribution in [0.15, 0.2) is 84.9 Å². The van der Waals surface area contributed by atoms with Crippen molar-refractivity contribution in [3.63, 3.8) is 0 Å². The Bertz CT molecular complexity index is 1670. The van der Waals surface area contributed by atoms with Crippen LogP contribution in [0.25, 0.3) is 38.5 Å². The second-order valence-electron chi connectivity index (χ2n) is 7.52. The van der Waals surface area contributed by atoms with Gasteiger partial charge in [0.05, 0.1) is 0 Å². The van der Waals surface area contributed by atoms with Crippen LogP contribution >= 0.6 is 0 Å². The number of aromatic hydroxyl groups is 1. The maximum atomic E-state index is 10.1. The molecule has 0 aliphatic heterocycles. The van der Waals surface area contributed by atoms with Crippen molar-refractivity contribution >= 4 is 32.7 Å². The van der Waals surface area contributed by atoms with Crippen molar-refractivity contribution in [3.8, 4) is 23.2 Å². The minimum atomic E-state index is 0. The van der Waals surface area contributed by atoms with Crippen LogP contribution in [0.1, 0.15) is 7.06 Å². The molecule has 0 radical (unpaired) electrons. The number of ether oxygens (including phenoxy) is 1. The molecule has 0 fully saturated rings. The number of pyridine rings is 2. The smallest absolute Gasteiger partial charge is 0.217 e. The molecule has 0 aliphatic rings. The van der Waals surface area contributed by atoms with E-state index in [0.717, 1.165) is 33.0 Å². The number of rotatable bonds is 3. The molecule has 0 aliphatic carbocycles. The molecule has 0 saturated carbocycles. The van der Waals surface area contributed by atoms with E-state index in [1.54, 1.807) is 18.2 Å². The first-order valence-corrected chi connectivity index (χ1v) is 10.2. The number of aryl methyl sites for hydroxylation is 1. The molecule has 0 bridgehead atoms. The quantitative estimate of drug-likeness (QED) is 0.238. The second-order valence-corrected chi connectivity index (χ2v) is 7.52. The maximum absolute atomic E-state index is 10.1. The molecule has 3 aromatic carbocycles. The number of phenolic OH excluding ortho intramolecular Hbond substituents is 1. The van der Waals surface area contributed by atoms with Crippen LogP contribution in [0, 0.1) is 13.0 Å². The number of hydrogen-bond acceptors (Lipinski definition) is 4. The van der Waals surface area contributed by atoms with E-state index < -0.39 is 0 Å². The fraction of sp³-hybridized carbons (Fsp3) is 0.0370. The van der Waals surface area contributed by atoms with Gasteiger partial charge in [-0.1, -0.05) is 41.9 Å². The zero-order valence-electron chi connectivity index (χ0n) is 18.3. The van der Waals surface area contributed by atoms with Crippen molar-refractivity contribution in [1.82, 2.24) is 14.5 Å². The summed E-state index contributed by atoms with van der Waals surface area (Å²) in [6.07, 6.45) is 0. The molecular weight excluding hydrogens is 593 g/mol. The van der Waals surface area contributed by atoms with Crippen molar-refractivity contribution in [2.24, 2.45) is 0 Å².